The van der Waals surface area contributed by atoms with Gasteiger partial charge >= 0.3 is 0 Å². The molecule has 0 atom stereocenters. The van der Waals surface area contributed by atoms with Crippen LogP contribution in [0.5, 0.6) is 0 Å². The van der Waals surface area contributed by atoms with Crippen LogP contribution in [-0.4, -0.2) is 24.1 Å². The fraction of sp³-hybridized carbons (Fsp3) is 0. The number of benzene rings is 6. The fourth-order valence-electron chi connectivity index (χ4n) is 6.52. The van der Waals surface area contributed by atoms with Crippen molar-refractivity contribution in [2.45, 2.75) is 0 Å². The summed E-state index contributed by atoms with van der Waals surface area (Å²) in [6.07, 6.45) is 0. The predicted octanol–water partition coefficient (Wildman–Crippen LogP) is 9.27. The minimum Gasteiger partial charge on any atom is -0.309 e. The van der Waals surface area contributed by atoms with E-state index in [1.165, 1.54) is 21.8 Å². The molecule has 0 spiro atoms. The Morgan fingerprint density at radius 3 is 1.54 bits per heavy atom. The molecule has 0 radical (unpaired) electrons. The Hall–Kier alpha value is -6.58. The zero-order chi connectivity index (χ0) is 30.6. The van der Waals surface area contributed by atoms with Gasteiger partial charge in [-0.25, -0.2) is 4.98 Å². The Balaban J connectivity index is 1.31. The molecule has 46 heavy (non-hydrogen) atoms. The minimum atomic E-state index is 0.532. The van der Waals surface area contributed by atoms with Crippen LogP contribution >= 0.6 is 0 Å². The average molecular weight is 589 g/mol. The van der Waals surface area contributed by atoms with Crippen LogP contribution < -0.4 is 0 Å². The lowest BCUT2D eigenvalue weighted by molar-refractivity contribution is 0.953. The molecule has 214 valence electrons. The van der Waals surface area contributed by atoms with Gasteiger partial charge in [0.25, 0.3) is 0 Å². The number of aromatic nitrogens is 5. The van der Waals surface area contributed by atoms with Gasteiger partial charge in [0.2, 0.25) is 5.95 Å². The Bertz CT molecular complexity index is 2590. The molecule has 3 aromatic heterocycles. The van der Waals surface area contributed by atoms with E-state index in [-0.39, 0.29) is 0 Å². The van der Waals surface area contributed by atoms with Crippen LogP contribution in [0.3, 0.4) is 0 Å². The van der Waals surface area contributed by atoms with Crippen molar-refractivity contribution in [3.05, 3.63) is 151 Å². The van der Waals surface area contributed by atoms with Crippen molar-refractivity contribution in [3.8, 4) is 40.5 Å². The van der Waals surface area contributed by atoms with Gasteiger partial charge in [-0.05, 0) is 60.7 Å². The van der Waals surface area contributed by atoms with Crippen LogP contribution in [-0.2, 0) is 0 Å². The molecule has 9 aromatic rings. The van der Waals surface area contributed by atoms with Gasteiger partial charge in [-0.3, -0.25) is 4.57 Å². The second-order valence-corrected chi connectivity index (χ2v) is 11.3. The topological polar surface area (TPSA) is 72.3 Å². The second kappa shape index (κ2) is 10.3. The maximum Gasteiger partial charge on any atom is 0.238 e. The number of hydrogen-bond acceptors (Lipinski definition) is 4. The van der Waals surface area contributed by atoms with Gasteiger partial charge in [-0.2, -0.15) is 15.2 Å². The van der Waals surface area contributed by atoms with Gasteiger partial charge < -0.3 is 4.57 Å². The Labute approximate surface area is 264 Å². The van der Waals surface area contributed by atoms with Crippen molar-refractivity contribution in [1.82, 2.24) is 24.1 Å². The maximum atomic E-state index is 9.35. The highest BCUT2D eigenvalue weighted by atomic mass is 15.2. The van der Waals surface area contributed by atoms with Gasteiger partial charge in [0.05, 0.1) is 33.7 Å². The molecule has 0 saturated carbocycles. The average Bonchev–Trinajstić information content (AvgIpc) is 3.64. The summed E-state index contributed by atoms with van der Waals surface area (Å²) in [5, 5.41) is 14.0. The molecule has 0 aliphatic heterocycles. The first kappa shape index (κ1) is 25.9. The number of fused-ring (bicyclic) bond motifs is 6. The fourth-order valence-corrected chi connectivity index (χ4v) is 6.52. The Morgan fingerprint density at radius 1 is 0.435 bits per heavy atom. The lowest BCUT2D eigenvalue weighted by Gasteiger charge is -2.11. The van der Waals surface area contributed by atoms with Gasteiger partial charge in [0.1, 0.15) is 0 Å². The Kier molecular flexibility index (Phi) is 5.77. The molecule has 6 heteroatoms. The van der Waals surface area contributed by atoms with E-state index in [0.29, 0.717) is 23.2 Å². The molecular weight excluding hydrogens is 564 g/mol. The largest absolute Gasteiger partial charge is 0.309 e. The molecule has 9 rings (SSSR count). The first-order chi connectivity index (χ1) is 22.8. The minimum absolute atomic E-state index is 0.532. The highest BCUT2D eigenvalue weighted by Gasteiger charge is 2.19. The highest BCUT2D eigenvalue weighted by molar-refractivity contribution is 6.12. The quantitative estimate of drug-likeness (QED) is 0.205. The van der Waals surface area contributed by atoms with Crippen molar-refractivity contribution in [3.63, 3.8) is 0 Å². The van der Waals surface area contributed by atoms with Gasteiger partial charge in [-0.1, -0.05) is 84.9 Å². The summed E-state index contributed by atoms with van der Waals surface area (Å²) in [5.41, 5.74) is 7.74. The van der Waals surface area contributed by atoms with Crippen LogP contribution in [0.1, 0.15) is 5.56 Å². The zero-order valence-corrected chi connectivity index (χ0v) is 24.5. The standard InChI is InChI=1S/C40H24N6/c41-25-26-18-20-28(21-19-26)39-42-38(27-10-2-1-3-11-27)43-40(44-39)46-36-17-9-6-14-32(36)33-24-29(22-23-37(33)46)45-34-15-7-4-12-30(34)31-13-5-8-16-35(31)45/h1-24H. The summed E-state index contributed by atoms with van der Waals surface area (Å²) in [4.78, 5) is 15.0. The molecule has 6 nitrogen and oxygen atoms in total. The lowest BCUT2D eigenvalue weighted by Crippen LogP contribution is -2.06. The molecule has 0 bridgehead atoms. The SMILES string of the molecule is N#Cc1ccc(-c2nc(-c3ccccc3)nc(-n3c4ccccc4c4cc(-n5c6ccccc6c6ccccc65)ccc43)n2)cc1. The predicted molar refractivity (Wildman–Crippen MR) is 184 cm³/mol. The number of nitrogens with zero attached hydrogens (tertiary/aromatic N) is 6. The molecule has 0 amide bonds. The summed E-state index contributed by atoms with van der Waals surface area (Å²) in [6, 6.07) is 51.6. The van der Waals surface area contributed by atoms with E-state index in [0.717, 1.165) is 38.6 Å². The first-order valence-corrected chi connectivity index (χ1v) is 15.1. The van der Waals surface area contributed by atoms with Gasteiger partial charge in [0.15, 0.2) is 11.6 Å². The van der Waals surface area contributed by atoms with Crippen LogP contribution in [0.2, 0.25) is 0 Å². The van der Waals surface area contributed by atoms with Crippen LogP contribution in [0, 0.1) is 11.3 Å². The van der Waals surface area contributed by atoms with Gasteiger partial charge in [-0.15, -0.1) is 0 Å². The third-order valence-corrected chi connectivity index (χ3v) is 8.62. The van der Waals surface area contributed by atoms with Crippen LogP contribution in [0.15, 0.2) is 146 Å². The van der Waals surface area contributed by atoms with Crippen LogP contribution in [0.4, 0.5) is 0 Å². The number of nitriles is 1. The van der Waals surface area contributed by atoms with E-state index in [4.69, 9.17) is 15.0 Å². The van der Waals surface area contributed by atoms with E-state index < -0.39 is 0 Å². The molecule has 0 saturated heterocycles. The third-order valence-electron chi connectivity index (χ3n) is 8.62. The summed E-state index contributed by atoms with van der Waals surface area (Å²) >= 11 is 0. The maximum absolute atomic E-state index is 9.35. The molecule has 0 aliphatic carbocycles. The molecule has 0 unspecified atom stereocenters. The molecule has 0 fully saturated rings. The molecule has 0 aliphatic rings. The summed E-state index contributed by atoms with van der Waals surface area (Å²) in [5.74, 6) is 1.66. The number of hydrogen-bond donors (Lipinski definition) is 0. The zero-order valence-electron chi connectivity index (χ0n) is 24.5. The van der Waals surface area contributed by atoms with Crippen molar-refractivity contribution >= 4 is 43.6 Å². The third kappa shape index (κ3) is 4.00. The monoisotopic (exact) mass is 588 g/mol. The summed E-state index contributed by atoms with van der Waals surface area (Å²) in [7, 11) is 0. The first-order valence-electron chi connectivity index (χ1n) is 15.1. The van der Waals surface area contributed by atoms with Crippen molar-refractivity contribution in [2.75, 3.05) is 0 Å². The summed E-state index contributed by atoms with van der Waals surface area (Å²) in [6.45, 7) is 0. The molecular formula is C40H24N6. The smallest absolute Gasteiger partial charge is 0.238 e. The van der Waals surface area contributed by atoms with E-state index in [1.807, 2.05) is 48.5 Å². The molecule has 3 heterocycles. The molecule has 0 N–H and O–H groups in total. The Morgan fingerprint density at radius 2 is 0.935 bits per heavy atom. The number of para-hydroxylation sites is 3. The van der Waals surface area contributed by atoms with Crippen molar-refractivity contribution in [1.29, 1.82) is 5.26 Å². The van der Waals surface area contributed by atoms with Gasteiger partial charge in [0, 0.05) is 38.4 Å². The van der Waals surface area contributed by atoms with E-state index >= 15 is 0 Å². The normalized spacial score (nSPS) is 11.5. The number of rotatable bonds is 4. The second-order valence-electron chi connectivity index (χ2n) is 11.3. The van der Waals surface area contributed by atoms with Crippen LogP contribution in [0.25, 0.3) is 78.0 Å². The van der Waals surface area contributed by atoms with Crippen molar-refractivity contribution in [2.24, 2.45) is 0 Å². The highest BCUT2D eigenvalue weighted by Crippen LogP contribution is 2.36. The molecule has 6 aromatic carbocycles. The van der Waals surface area contributed by atoms with E-state index in [1.54, 1.807) is 12.1 Å². The lowest BCUT2D eigenvalue weighted by atomic mass is 10.1. The summed E-state index contributed by atoms with van der Waals surface area (Å²) < 4.78 is 4.47. The van der Waals surface area contributed by atoms with E-state index in [9.17, 15) is 5.26 Å². The van der Waals surface area contributed by atoms with E-state index in [2.05, 4.69) is 100 Å². The van der Waals surface area contributed by atoms with Crippen molar-refractivity contribution < 1.29 is 0 Å².